The van der Waals surface area contributed by atoms with E-state index in [1.54, 1.807) is 10.6 Å². The highest BCUT2D eigenvalue weighted by Crippen LogP contribution is 2.31. The smallest absolute Gasteiger partial charge is 0.369 e. The molecule has 1 aromatic carbocycles. The average molecular weight is 371 g/mol. The van der Waals surface area contributed by atoms with E-state index < -0.39 is 11.7 Å². The quantitative estimate of drug-likeness (QED) is 0.827. The zero-order chi connectivity index (χ0) is 18.0. The molecule has 0 aliphatic carbocycles. The van der Waals surface area contributed by atoms with Crippen LogP contribution in [0, 0.1) is 6.92 Å². The van der Waals surface area contributed by atoms with Gasteiger partial charge in [-0.2, -0.15) is 13.2 Å². The van der Waals surface area contributed by atoms with Gasteiger partial charge in [0.05, 0.1) is 5.56 Å². The first-order chi connectivity index (χ1) is 11.8. The van der Waals surface area contributed by atoms with E-state index in [9.17, 15) is 18.0 Å². The SMILES string of the molecule is Cc1csc(=O)n1CCN1CCN(c2cccc(C(F)(F)F)c2)CC1. The largest absolute Gasteiger partial charge is 0.416 e. The molecule has 4 nitrogen and oxygen atoms in total. The molecular weight excluding hydrogens is 351 g/mol. The summed E-state index contributed by atoms with van der Waals surface area (Å²) in [6, 6.07) is 5.49. The first kappa shape index (κ1) is 18.0. The monoisotopic (exact) mass is 371 g/mol. The number of nitrogens with zero attached hydrogens (tertiary/aromatic N) is 3. The molecule has 136 valence electrons. The second-order valence-electron chi connectivity index (χ2n) is 6.17. The predicted molar refractivity (Wildman–Crippen MR) is 93.4 cm³/mol. The molecule has 1 fully saturated rings. The fraction of sp³-hybridized carbons (Fsp3) is 0.471. The molecule has 25 heavy (non-hydrogen) atoms. The van der Waals surface area contributed by atoms with E-state index in [2.05, 4.69) is 4.90 Å². The lowest BCUT2D eigenvalue weighted by molar-refractivity contribution is -0.137. The van der Waals surface area contributed by atoms with Crippen LogP contribution in [0.15, 0.2) is 34.4 Å². The molecule has 0 saturated carbocycles. The number of anilines is 1. The Bertz CT molecular complexity index is 776. The maximum absolute atomic E-state index is 12.8. The van der Waals surface area contributed by atoms with Crippen LogP contribution in [0.4, 0.5) is 18.9 Å². The first-order valence-corrected chi connectivity index (χ1v) is 9.02. The molecule has 1 aromatic heterocycles. The van der Waals surface area contributed by atoms with Crippen LogP contribution in [0.3, 0.4) is 0 Å². The number of alkyl halides is 3. The molecule has 0 N–H and O–H groups in total. The molecule has 0 atom stereocenters. The van der Waals surface area contributed by atoms with Gasteiger partial charge in [0.25, 0.3) is 0 Å². The summed E-state index contributed by atoms with van der Waals surface area (Å²) in [5.41, 5.74) is 0.969. The summed E-state index contributed by atoms with van der Waals surface area (Å²) in [6.07, 6.45) is -4.32. The van der Waals surface area contributed by atoms with Gasteiger partial charge in [0, 0.05) is 56.0 Å². The number of aryl methyl sites for hydroxylation is 1. The van der Waals surface area contributed by atoms with Crippen LogP contribution in [0.1, 0.15) is 11.3 Å². The molecule has 1 aliphatic rings. The lowest BCUT2D eigenvalue weighted by Gasteiger charge is -2.36. The van der Waals surface area contributed by atoms with Crippen LogP contribution < -0.4 is 9.77 Å². The molecule has 0 bridgehead atoms. The summed E-state index contributed by atoms with van der Waals surface area (Å²) in [6.45, 7) is 6.25. The third-order valence-corrected chi connectivity index (χ3v) is 5.41. The molecule has 0 spiro atoms. The maximum Gasteiger partial charge on any atom is 0.416 e. The van der Waals surface area contributed by atoms with E-state index in [0.717, 1.165) is 31.4 Å². The summed E-state index contributed by atoms with van der Waals surface area (Å²) >= 11 is 1.21. The van der Waals surface area contributed by atoms with Crippen molar-refractivity contribution in [2.24, 2.45) is 0 Å². The molecule has 1 aliphatic heterocycles. The van der Waals surface area contributed by atoms with Crippen LogP contribution in [0.5, 0.6) is 0 Å². The summed E-state index contributed by atoms with van der Waals surface area (Å²) in [7, 11) is 0. The third kappa shape index (κ3) is 4.24. The van der Waals surface area contributed by atoms with Crippen molar-refractivity contribution >= 4 is 17.0 Å². The Morgan fingerprint density at radius 1 is 1.12 bits per heavy atom. The minimum absolute atomic E-state index is 0.0556. The molecule has 8 heteroatoms. The highest BCUT2D eigenvalue weighted by molar-refractivity contribution is 7.07. The van der Waals surface area contributed by atoms with Crippen LogP contribution in [-0.2, 0) is 12.7 Å². The second kappa shape index (κ2) is 7.21. The lowest BCUT2D eigenvalue weighted by atomic mass is 10.1. The van der Waals surface area contributed by atoms with Gasteiger partial charge in [-0.05, 0) is 25.1 Å². The fourth-order valence-corrected chi connectivity index (χ4v) is 3.79. The van der Waals surface area contributed by atoms with Gasteiger partial charge in [-0.1, -0.05) is 17.4 Å². The first-order valence-electron chi connectivity index (χ1n) is 8.14. The number of hydrogen-bond acceptors (Lipinski definition) is 4. The van der Waals surface area contributed by atoms with Crippen molar-refractivity contribution in [3.8, 4) is 0 Å². The lowest BCUT2D eigenvalue weighted by Crippen LogP contribution is -2.47. The molecule has 1 saturated heterocycles. The van der Waals surface area contributed by atoms with E-state index in [1.807, 2.05) is 17.2 Å². The molecule has 2 aromatic rings. The van der Waals surface area contributed by atoms with Crippen molar-refractivity contribution in [1.82, 2.24) is 9.47 Å². The van der Waals surface area contributed by atoms with Crippen molar-refractivity contribution in [2.45, 2.75) is 19.6 Å². The maximum atomic E-state index is 12.8. The minimum atomic E-state index is -4.32. The van der Waals surface area contributed by atoms with Crippen LogP contribution in [0.25, 0.3) is 0 Å². The Hall–Kier alpha value is -1.80. The van der Waals surface area contributed by atoms with Gasteiger partial charge >= 0.3 is 11.0 Å². The van der Waals surface area contributed by atoms with Crippen molar-refractivity contribution in [3.63, 3.8) is 0 Å². The highest BCUT2D eigenvalue weighted by Gasteiger charge is 2.31. The van der Waals surface area contributed by atoms with Gasteiger partial charge in [-0.3, -0.25) is 9.69 Å². The van der Waals surface area contributed by atoms with Crippen molar-refractivity contribution < 1.29 is 13.2 Å². The Balaban J connectivity index is 1.56. The molecule has 3 rings (SSSR count). The topological polar surface area (TPSA) is 28.5 Å². The summed E-state index contributed by atoms with van der Waals surface area (Å²) in [4.78, 5) is 16.0. The van der Waals surface area contributed by atoms with Crippen molar-refractivity contribution in [2.75, 3.05) is 37.6 Å². The summed E-state index contributed by atoms with van der Waals surface area (Å²) < 4.78 is 40.3. The van der Waals surface area contributed by atoms with Gasteiger partial charge in [-0.15, -0.1) is 0 Å². The van der Waals surface area contributed by atoms with E-state index >= 15 is 0 Å². The van der Waals surface area contributed by atoms with E-state index in [-0.39, 0.29) is 4.87 Å². The molecule has 2 heterocycles. The standard InChI is InChI=1S/C17H20F3N3OS/c1-13-12-25-16(24)23(13)10-7-21-5-8-22(9-6-21)15-4-2-3-14(11-15)17(18,19)20/h2-4,11-12H,5-10H2,1H3. The predicted octanol–water partition coefficient (Wildman–Crippen LogP) is 3.06. The van der Waals surface area contributed by atoms with Crippen molar-refractivity contribution in [3.05, 3.63) is 50.6 Å². The molecule has 0 unspecified atom stereocenters. The molecule has 0 amide bonds. The van der Waals surface area contributed by atoms with Crippen LogP contribution in [0.2, 0.25) is 0 Å². The number of rotatable bonds is 4. The van der Waals surface area contributed by atoms with Gasteiger partial charge in [0.15, 0.2) is 0 Å². The zero-order valence-corrected chi connectivity index (χ0v) is 14.7. The fourth-order valence-electron chi connectivity index (χ4n) is 3.02. The average Bonchev–Trinajstić information content (AvgIpc) is 2.91. The van der Waals surface area contributed by atoms with Crippen LogP contribution in [-0.4, -0.2) is 42.2 Å². The number of aromatic nitrogens is 1. The normalized spacial score (nSPS) is 16.4. The number of benzene rings is 1. The number of hydrogen-bond donors (Lipinski definition) is 0. The highest BCUT2D eigenvalue weighted by atomic mass is 32.1. The second-order valence-corrected chi connectivity index (χ2v) is 6.99. The third-order valence-electron chi connectivity index (χ3n) is 4.53. The van der Waals surface area contributed by atoms with Crippen molar-refractivity contribution in [1.29, 1.82) is 0 Å². The van der Waals surface area contributed by atoms with Gasteiger partial charge in [0.2, 0.25) is 0 Å². The summed E-state index contributed by atoms with van der Waals surface area (Å²) in [5, 5.41) is 1.86. The Kier molecular flexibility index (Phi) is 5.19. The van der Waals surface area contributed by atoms with Gasteiger partial charge in [-0.25, -0.2) is 0 Å². The number of piperazine rings is 1. The molecule has 0 radical (unpaired) electrons. The Labute approximate surface area is 148 Å². The Morgan fingerprint density at radius 3 is 2.44 bits per heavy atom. The van der Waals surface area contributed by atoms with E-state index in [4.69, 9.17) is 0 Å². The van der Waals surface area contributed by atoms with E-state index in [1.165, 1.54) is 23.5 Å². The van der Waals surface area contributed by atoms with E-state index in [0.29, 0.717) is 25.3 Å². The van der Waals surface area contributed by atoms with Gasteiger partial charge in [0.1, 0.15) is 0 Å². The zero-order valence-electron chi connectivity index (χ0n) is 13.9. The Morgan fingerprint density at radius 2 is 1.84 bits per heavy atom. The summed E-state index contributed by atoms with van der Waals surface area (Å²) in [5.74, 6) is 0. The number of thiazole rings is 1. The minimum Gasteiger partial charge on any atom is -0.369 e. The molecular formula is C17H20F3N3OS. The number of halogens is 3. The van der Waals surface area contributed by atoms with Gasteiger partial charge < -0.3 is 9.47 Å². The van der Waals surface area contributed by atoms with Crippen LogP contribution >= 0.6 is 11.3 Å².